The van der Waals surface area contributed by atoms with E-state index in [0.29, 0.717) is 37.6 Å². The van der Waals surface area contributed by atoms with Crippen LogP contribution in [-0.4, -0.2) is 50.3 Å². The summed E-state index contributed by atoms with van der Waals surface area (Å²) in [7, 11) is -3.60. The van der Waals surface area contributed by atoms with E-state index < -0.39 is 10.0 Å². The first-order valence-corrected chi connectivity index (χ1v) is 10.8. The number of morpholine rings is 1. The molecule has 0 amide bonds. The lowest BCUT2D eigenvalue weighted by Crippen LogP contribution is -2.40. The second-order valence-electron chi connectivity index (χ2n) is 6.94. The summed E-state index contributed by atoms with van der Waals surface area (Å²) >= 11 is 0. The number of phenolic OH excluding ortho intramolecular Hbond substituents is 1. The molecule has 29 heavy (non-hydrogen) atoms. The average Bonchev–Trinajstić information content (AvgIpc) is 2.74. The Morgan fingerprint density at radius 1 is 1.07 bits per heavy atom. The summed E-state index contributed by atoms with van der Waals surface area (Å²) < 4.78 is 32.6. The maximum absolute atomic E-state index is 12.9. The number of phenols is 1. The zero-order valence-corrected chi connectivity index (χ0v) is 16.9. The van der Waals surface area contributed by atoms with Crippen LogP contribution < -0.4 is 0 Å². The fourth-order valence-corrected chi connectivity index (χ4v) is 4.81. The number of hydrogen-bond acceptors (Lipinski definition) is 5. The Labute approximate surface area is 170 Å². The van der Waals surface area contributed by atoms with Gasteiger partial charge in [0.15, 0.2) is 0 Å². The van der Waals surface area contributed by atoms with E-state index in [1.54, 1.807) is 30.5 Å². The maximum Gasteiger partial charge on any atom is 0.243 e. The lowest BCUT2D eigenvalue weighted by molar-refractivity contribution is 0.0730. The second-order valence-corrected chi connectivity index (χ2v) is 8.88. The average molecular weight is 410 g/mol. The third-order valence-electron chi connectivity index (χ3n) is 5.07. The van der Waals surface area contributed by atoms with Crippen molar-refractivity contribution >= 4 is 32.7 Å². The van der Waals surface area contributed by atoms with Crippen LogP contribution in [0.4, 0.5) is 5.69 Å². The normalized spacial score (nSPS) is 15.9. The Kier molecular flexibility index (Phi) is 5.36. The first-order valence-electron chi connectivity index (χ1n) is 9.40. The molecule has 1 heterocycles. The molecule has 1 aliphatic rings. The molecule has 4 rings (SSSR count). The summed E-state index contributed by atoms with van der Waals surface area (Å²) in [5.74, 6) is 0.127. The van der Waals surface area contributed by atoms with Gasteiger partial charge in [-0.05, 0) is 41.5 Å². The number of fused-ring (bicyclic) bond motifs is 1. The van der Waals surface area contributed by atoms with Crippen molar-refractivity contribution in [3.63, 3.8) is 0 Å². The molecule has 1 fully saturated rings. The van der Waals surface area contributed by atoms with Gasteiger partial charge in [0, 0.05) is 24.9 Å². The molecule has 150 valence electrons. The summed E-state index contributed by atoms with van der Waals surface area (Å²) in [6, 6.07) is 16.1. The molecule has 0 radical (unpaired) electrons. The van der Waals surface area contributed by atoms with Crippen molar-refractivity contribution < 1.29 is 18.3 Å². The SMILES string of the molecule is Cc1ccc(S(=O)(=O)N2CCOCC2)cc1N=Cc1c(O)ccc2ccccc12. The molecule has 3 aromatic carbocycles. The fourth-order valence-electron chi connectivity index (χ4n) is 3.38. The highest BCUT2D eigenvalue weighted by atomic mass is 32.2. The van der Waals surface area contributed by atoms with E-state index in [9.17, 15) is 13.5 Å². The summed E-state index contributed by atoms with van der Waals surface area (Å²) in [5, 5.41) is 12.2. The Morgan fingerprint density at radius 3 is 2.62 bits per heavy atom. The summed E-state index contributed by atoms with van der Waals surface area (Å²) in [6.07, 6.45) is 1.59. The molecule has 7 heteroatoms. The quantitative estimate of drug-likeness (QED) is 0.666. The van der Waals surface area contributed by atoms with Crippen molar-refractivity contribution in [3.05, 3.63) is 65.7 Å². The molecular formula is C22H22N2O4S. The minimum Gasteiger partial charge on any atom is -0.507 e. The Bertz CT molecular complexity index is 1180. The van der Waals surface area contributed by atoms with E-state index in [4.69, 9.17) is 4.74 Å². The summed E-state index contributed by atoms with van der Waals surface area (Å²) in [6.45, 7) is 3.37. The van der Waals surface area contributed by atoms with Crippen LogP contribution in [0, 0.1) is 6.92 Å². The van der Waals surface area contributed by atoms with Gasteiger partial charge in [-0.25, -0.2) is 8.42 Å². The summed E-state index contributed by atoms with van der Waals surface area (Å²) in [5.41, 5.74) is 2.00. The van der Waals surface area contributed by atoms with Crippen LogP contribution in [0.1, 0.15) is 11.1 Å². The van der Waals surface area contributed by atoms with Gasteiger partial charge in [0.2, 0.25) is 10.0 Å². The second kappa shape index (κ2) is 7.94. The van der Waals surface area contributed by atoms with Crippen molar-refractivity contribution in [2.75, 3.05) is 26.3 Å². The van der Waals surface area contributed by atoms with Crippen LogP contribution in [0.15, 0.2) is 64.5 Å². The van der Waals surface area contributed by atoms with Gasteiger partial charge in [0.25, 0.3) is 0 Å². The van der Waals surface area contributed by atoms with Gasteiger partial charge in [-0.2, -0.15) is 4.31 Å². The minimum atomic E-state index is -3.60. The highest BCUT2D eigenvalue weighted by Crippen LogP contribution is 2.28. The number of aliphatic imine (C=N–C) groups is 1. The molecule has 0 spiro atoms. The van der Waals surface area contributed by atoms with Gasteiger partial charge in [0.1, 0.15) is 5.75 Å². The van der Waals surface area contributed by atoms with Crippen molar-refractivity contribution in [3.8, 4) is 5.75 Å². The minimum absolute atomic E-state index is 0.127. The smallest absolute Gasteiger partial charge is 0.243 e. The number of hydrogen-bond donors (Lipinski definition) is 1. The molecule has 0 atom stereocenters. The largest absolute Gasteiger partial charge is 0.507 e. The molecule has 0 unspecified atom stereocenters. The van der Waals surface area contributed by atoms with Gasteiger partial charge < -0.3 is 9.84 Å². The number of aromatic hydroxyl groups is 1. The molecule has 0 saturated carbocycles. The maximum atomic E-state index is 12.9. The molecule has 6 nitrogen and oxygen atoms in total. The van der Waals surface area contributed by atoms with E-state index in [2.05, 4.69) is 4.99 Å². The Morgan fingerprint density at radius 2 is 1.83 bits per heavy atom. The topological polar surface area (TPSA) is 79.2 Å². The van der Waals surface area contributed by atoms with E-state index in [1.807, 2.05) is 37.3 Å². The van der Waals surface area contributed by atoms with E-state index in [1.165, 1.54) is 4.31 Å². The van der Waals surface area contributed by atoms with E-state index >= 15 is 0 Å². The standard InChI is InChI=1S/C22H22N2O4S/c1-16-6-8-18(29(26,27)24-10-12-28-13-11-24)14-21(16)23-15-20-19-5-3-2-4-17(19)7-9-22(20)25/h2-9,14-15,25H,10-13H2,1H3. The number of benzene rings is 3. The third-order valence-corrected chi connectivity index (χ3v) is 6.96. The van der Waals surface area contributed by atoms with Gasteiger partial charge in [-0.15, -0.1) is 0 Å². The van der Waals surface area contributed by atoms with Crippen LogP contribution in [0.25, 0.3) is 10.8 Å². The highest BCUT2D eigenvalue weighted by Gasteiger charge is 2.26. The third kappa shape index (κ3) is 3.89. The number of nitrogens with zero attached hydrogens (tertiary/aromatic N) is 2. The van der Waals surface area contributed by atoms with Crippen LogP contribution in [0.2, 0.25) is 0 Å². The molecule has 0 aliphatic carbocycles. The van der Waals surface area contributed by atoms with Crippen LogP contribution >= 0.6 is 0 Å². The lowest BCUT2D eigenvalue weighted by atomic mass is 10.0. The molecule has 0 bridgehead atoms. The number of aryl methyl sites for hydroxylation is 1. The molecular weight excluding hydrogens is 388 g/mol. The predicted octanol–water partition coefficient (Wildman–Crippen LogP) is 3.63. The molecule has 0 aromatic heterocycles. The van der Waals surface area contributed by atoms with Gasteiger partial charge in [0.05, 0.1) is 23.8 Å². The molecule has 1 aliphatic heterocycles. The predicted molar refractivity (Wildman–Crippen MR) is 114 cm³/mol. The van der Waals surface area contributed by atoms with Crippen LogP contribution in [0.5, 0.6) is 5.75 Å². The van der Waals surface area contributed by atoms with Gasteiger partial charge in [-0.1, -0.05) is 36.4 Å². The number of rotatable bonds is 4. The Hall–Kier alpha value is -2.74. The Balaban J connectivity index is 1.72. The van der Waals surface area contributed by atoms with Crippen molar-refractivity contribution in [1.29, 1.82) is 0 Å². The van der Waals surface area contributed by atoms with Crippen molar-refractivity contribution in [1.82, 2.24) is 4.31 Å². The number of sulfonamides is 1. The zero-order valence-electron chi connectivity index (χ0n) is 16.1. The molecule has 3 aromatic rings. The van der Waals surface area contributed by atoms with E-state index in [-0.39, 0.29) is 10.6 Å². The summed E-state index contributed by atoms with van der Waals surface area (Å²) in [4.78, 5) is 4.72. The fraction of sp³-hybridized carbons (Fsp3) is 0.227. The van der Waals surface area contributed by atoms with E-state index in [0.717, 1.165) is 16.3 Å². The van der Waals surface area contributed by atoms with Gasteiger partial charge in [-0.3, -0.25) is 4.99 Å². The zero-order chi connectivity index (χ0) is 20.4. The molecule has 1 N–H and O–H groups in total. The number of ether oxygens (including phenoxy) is 1. The van der Waals surface area contributed by atoms with Crippen LogP contribution in [0.3, 0.4) is 0 Å². The van der Waals surface area contributed by atoms with Crippen molar-refractivity contribution in [2.45, 2.75) is 11.8 Å². The van der Waals surface area contributed by atoms with Crippen LogP contribution in [-0.2, 0) is 14.8 Å². The molecule has 1 saturated heterocycles. The first kappa shape index (κ1) is 19.6. The van der Waals surface area contributed by atoms with Gasteiger partial charge >= 0.3 is 0 Å². The monoisotopic (exact) mass is 410 g/mol. The lowest BCUT2D eigenvalue weighted by Gasteiger charge is -2.26. The first-order chi connectivity index (χ1) is 14.0. The van der Waals surface area contributed by atoms with Crippen molar-refractivity contribution in [2.24, 2.45) is 4.99 Å². The highest BCUT2D eigenvalue weighted by molar-refractivity contribution is 7.89.